The topological polar surface area (TPSA) is 89.9 Å². The summed E-state index contributed by atoms with van der Waals surface area (Å²) in [5.41, 5.74) is 0. The Morgan fingerprint density at radius 3 is 2.63 bits per heavy atom. The molecular weight excluding hydrogens is 248 g/mol. The Kier molecular flexibility index (Phi) is 6.08. The van der Waals surface area contributed by atoms with Gasteiger partial charge < -0.3 is 20.4 Å². The molecule has 3 atom stereocenters. The van der Waals surface area contributed by atoms with Crippen LogP contribution >= 0.6 is 0 Å². The van der Waals surface area contributed by atoms with Gasteiger partial charge in [-0.1, -0.05) is 0 Å². The number of nitrogens with one attached hydrogen (secondary N) is 1. The summed E-state index contributed by atoms with van der Waals surface area (Å²) in [5, 5.41) is 20.7. The molecule has 0 bridgehead atoms. The van der Waals surface area contributed by atoms with Crippen molar-refractivity contribution in [1.29, 1.82) is 0 Å². The first-order chi connectivity index (χ1) is 8.97. The van der Waals surface area contributed by atoms with E-state index in [1.54, 1.807) is 18.7 Å². The number of hydrogen-bond acceptors (Lipinski definition) is 3. The molecule has 110 valence electrons. The molecule has 0 spiro atoms. The van der Waals surface area contributed by atoms with Gasteiger partial charge in [0.05, 0.1) is 5.92 Å². The maximum atomic E-state index is 12.2. The number of carboxylic acid groups (broad SMARTS) is 1. The zero-order valence-corrected chi connectivity index (χ0v) is 11.6. The van der Waals surface area contributed by atoms with Gasteiger partial charge in [-0.3, -0.25) is 4.79 Å². The third kappa shape index (κ3) is 4.38. The van der Waals surface area contributed by atoms with Crippen molar-refractivity contribution >= 4 is 12.0 Å². The van der Waals surface area contributed by atoms with Gasteiger partial charge in [0, 0.05) is 25.2 Å². The van der Waals surface area contributed by atoms with E-state index in [-0.39, 0.29) is 18.7 Å². The number of piperidine rings is 1. The molecule has 0 radical (unpaired) electrons. The van der Waals surface area contributed by atoms with Gasteiger partial charge in [-0.2, -0.15) is 0 Å². The van der Waals surface area contributed by atoms with E-state index >= 15 is 0 Å². The molecule has 1 heterocycles. The molecule has 6 nitrogen and oxygen atoms in total. The fourth-order valence-electron chi connectivity index (χ4n) is 2.33. The Labute approximate surface area is 113 Å². The highest BCUT2D eigenvalue weighted by Crippen LogP contribution is 2.19. The van der Waals surface area contributed by atoms with Gasteiger partial charge in [0.2, 0.25) is 0 Å². The maximum absolute atomic E-state index is 12.2. The molecule has 0 aromatic heterocycles. The standard InChI is InChI=1S/C13H24N2O4/c1-9(12(17)18)10(2)14-13(19)15-7-4-3-5-11(15)6-8-16/h9-11,16H,3-8H2,1-2H3,(H,14,19)(H,17,18). The lowest BCUT2D eigenvalue weighted by molar-refractivity contribution is -0.141. The van der Waals surface area contributed by atoms with Crippen molar-refractivity contribution in [3.8, 4) is 0 Å². The van der Waals surface area contributed by atoms with Crippen LogP contribution < -0.4 is 5.32 Å². The smallest absolute Gasteiger partial charge is 0.317 e. The van der Waals surface area contributed by atoms with Crippen molar-refractivity contribution < 1.29 is 19.8 Å². The minimum atomic E-state index is -0.918. The zero-order chi connectivity index (χ0) is 14.4. The molecule has 0 aromatic carbocycles. The van der Waals surface area contributed by atoms with Gasteiger partial charge in [0.1, 0.15) is 0 Å². The van der Waals surface area contributed by atoms with E-state index in [9.17, 15) is 9.59 Å². The van der Waals surface area contributed by atoms with Crippen LogP contribution in [0.3, 0.4) is 0 Å². The summed E-state index contributed by atoms with van der Waals surface area (Å²) in [6, 6.07) is -0.577. The molecule has 6 heteroatoms. The van der Waals surface area contributed by atoms with Crippen molar-refractivity contribution in [1.82, 2.24) is 10.2 Å². The summed E-state index contributed by atoms with van der Waals surface area (Å²) < 4.78 is 0. The van der Waals surface area contributed by atoms with Crippen molar-refractivity contribution in [3.05, 3.63) is 0 Å². The third-order valence-corrected chi connectivity index (χ3v) is 3.84. The van der Waals surface area contributed by atoms with Crippen LogP contribution in [0.5, 0.6) is 0 Å². The number of amides is 2. The van der Waals surface area contributed by atoms with Crippen LogP contribution in [0.4, 0.5) is 4.79 Å². The average Bonchev–Trinajstić information content (AvgIpc) is 2.38. The van der Waals surface area contributed by atoms with E-state index in [1.807, 2.05) is 0 Å². The summed E-state index contributed by atoms with van der Waals surface area (Å²) in [7, 11) is 0. The predicted molar refractivity (Wildman–Crippen MR) is 70.8 cm³/mol. The number of aliphatic carboxylic acids is 1. The highest BCUT2D eigenvalue weighted by Gasteiger charge is 2.29. The van der Waals surface area contributed by atoms with Crippen LogP contribution in [0.1, 0.15) is 39.5 Å². The molecule has 3 unspecified atom stereocenters. The Bertz CT molecular complexity index is 320. The first kappa shape index (κ1) is 15.8. The van der Waals surface area contributed by atoms with Gasteiger partial charge >= 0.3 is 12.0 Å². The lowest BCUT2D eigenvalue weighted by Gasteiger charge is -2.36. The molecular formula is C13H24N2O4. The number of carboxylic acids is 1. The van der Waals surface area contributed by atoms with E-state index in [1.165, 1.54) is 0 Å². The molecule has 2 amide bonds. The Morgan fingerprint density at radius 2 is 2.05 bits per heavy atom. The minimum absolute atomic E-state index is 0.0612. The normalized spacial score (nSPS) is 22.7. The number of urea groups is 1. The maximum Gasteiger partial charge on any atom is 0.317 e. The highest BCUT2D eigenvalue weighted by atomic mass is 16.4. The number of aliphatic hydroxyl groups excluding tert-OH is 1. The highest BCUT2D eigenvalue weighted by molar-refractivity contribution is 5.77. The number of carbonyl (C=O) groups is 2. The number of aliphatic hydroxyl groups is 1. The fourth-order valence-corrected chi connectivity index (χ4v) is 2.33. The van der Waals surface area contributed by atoms with Gasteiger partial charge in [0.15, 0.2) is 0 Å². The minimum Gasteiger partial charge on any atom is -0.481 e. The van der Waals surface area contributed by atoms with E-state index in [0.29, 0.717) is 13.0 Å². The summed E-state index contributed by atoms with van der Waals surface area (Å²) in [6.07, 6.45) is 3.50. The molecule has 1 rings (SSSR count). The molecule has 3 N–H and O–H groups in total. The molecule has 1 aliphatic heterocycles. The second-order valence-electron chi connectivity index (χ2n) is 5.22. The first-order valence-electron chi connectivity index (χ1n) is 6.88. The lowest BCUT2D eigenvalue weighted by atomic mass is 10.00. The number of nitrogens with zero attached hydrogens (tertiary/aromatic N) is 1. The van der Waals surface area contributed by atoms with E-state index in [4.69, 9.17) is 10.2 Å². The van der Waals surface area contributed by atoms with Crippen LogP contribution in [0.2, 0.25) is 0 Å². The van der Waals surface area contributed by atoms with Crippen molar-refractivity contribution in [2.75, 3.05) is 13.2 Å². The van der Waals surface area contributed by atoms with Gasteiger partial charge in [-0.25, -0.2) is 4.79 Å². The molecule has 0 saturated carbocycles. The third-order valence-electron chi connectivity index (χ3n) is 3.84. The SMILES string of the molecule is CC(NC(=O)N1CCCCC1CCO)C(C)C(=O)O. The van der Waals surface area contributed by atoms with Crippen LogP contribution in [0, 0.1) is 5.92 Å². The number of carbonyl (C=O) groups excluding carboxylic acids is 1. The summed E-state index contributed by atoms with van der Waals surface area (Å²) in [6.45, 7) is 4.01. The number of rotatable bonds is 5. The Balaban J connectivity index is 2.57. The van der Waals surface area contributed by atoms with Crippen LogP contribution in [0.15, 0.2) is 0 Å². The second-order valence-corrected chi connectivity index (χ2v) is 5.22. The monoisotopic (exact) mass is 272 g/mol. The van der Waals surface area contributed by atoms with Gasteiger partial charge in [-0.15, -0.1) is 0 Å². The molecule has 1 aliphatic rings. The Morgan fingerprint density at radius 1 is 1.37 bits per heavy atom. The Hall–Kier alpha value is -1.30. The van der Waals surface area contributed by atoms with E-state index in [0.717, 1.165) is 19.3 Å². The summed E-state index contributed by atoms with van der Waals surface area (Å²) >= 11 is 0. The summed E-state index contributed by atoms with van der Waals surface area (Å²) in [5.74, 6) is -1.54. The average molecular weight is 272 g/mol. The van der Waals surface area contributed by atoms with Crippen molar-refractivity contribution in [3.63, 3.8) is 0 Å². The van der Waals surface area contributed by atoms with Gasteiger partial charge in [-0.05, 0) is 39.5 Å². The number of hydrogen-bond donors (Lipinski definition) is 3. The lowest BCUT2D eigenvalue weighted by Crippen LogP contribution is -2.52. The molecule has 19 heavy (non-hydrogen) atoms. The van der Waals surface area contributed by atoms with Crippen LogP contribution in [-0.4, -0.2) is 52.3 Å². The van der Waals surface area contributed by atoms with Gasteiger partial charge in [0.25, 0.3) is 0 Å². The van der Waals surface area contributed by atoms with Crippen molar-refractivity contribution in [2.45, 2.75) is 51.6 Å². The number of likely N-dealkylation sites (tertiary alicyclic amines) is 1. The van der Waals surface area contributed by atoms with E-state index < -0.39 is 17.9 Å². The molecule has 1 fully saturated rings. The summed E-state index contributed by atoms with van der Waals surface area (Å²) in [4.78, 5) is 24.8. The second kappa shape index (κ2) is 7.33. The zero-order valence-electron chi connectivity index (χ0n) is 11.6. The predicted octanol–water partition coefficient (Wildman–Crippen LogP) is 1.04. The molecule has 1 saturated heterocycles. The van der Waals surface area contributed by atoms with E-state index in [2.05, 4.69) is 5.32 Å². The van der Waals surface area contributed by atoms with Crippen LogP contribution in [-0.2, 0) is 4.79 Å². The quantitative estimate of drug-likeness (QED) is 0.697. The first-order valence-corrected chi connectivity index (χ1v) is 6.88. The largest absolute Gasteiger partial charge is 0.481 e. The van der Waals surface area contributed by atoms with Crippen molar-refractivity contribution in [2.24, 2.45) is 5.92 Å². The molecule has 0 aromatic rings. The fraction of sp³-hybridized carbons (Fsp3) is 0.846. The molecule has 0 aliphatic carbocycles. The van der Waals surface area contributed by atoms with Crippen LogP contribution in [0.25, 0.3) is 0 Å².